The molecule has 0 unspecified atom stereocenters. The number of aromatic nitrogens is 4. The van der Waals surface area contributed by atoms with Crippen molar-refractivity contribution in [3.8, 4) is 46.0 Å². The third-order valence-corrected chi connectivity index (χ3v) is 17.8. The fraction of sp³-hybridized carbons (Fsp3) is 0. The highest BCUT2D eigenvalue weighted by Crippen LogP contribution is 2.52. The summed E-state index contributed by atoms with van der Waals surface area (Å²) in [5.74, 6) is 0. The van der Waals surface area contributed by atoms with E-state index in [1.54, 1.807) is 11.3 Å². The van der Waals surface area contributed by atoms with Gasteiger partial charge in [0.25, 0.3) is 0 Å². The molecule has 17 rings (SSSR count). The van der Waals surface area contributed by atoms with Gasteiger partial charge in [-0.3, -0.25) is 0 Å². The van der Waals surface area contributed by atoms with Crippen LogP contribution in [0, 0.1) is 22.7 Å². The van der Waals surface area contributed by atoms with Crippen molar-refractivity contribution in [1.29, 1.82) is 10.5 Å². The SMILES string of the molecule is N#Cc1c(-n2c3ccccc3c3ccccc32)c(-n2c3ccccc3c3ccccc32)c(C#N)c(-n2c3cccc(-c4cccc5ccccc45)c3c3ccc4c5ccccc5sc4c32)c1-n1c2ccccc2c2ccccc21. The Morgan fingerprint density at radius 3 is 1.11 bits per heavy atom. The second-order valence-electron chi connectivity index (χ2n) is 20.5. The Balaban J connectivity index is 1.20. The third-order valence-electron chi connectivity index (χ3n) is 16.6. The summed E-state index contributed by atoms with van der Waals surface area (Å²) in [5, 5.41) is 38.8. The summed E-state index contributed by atoms with van der Waals surface area (Å²) in [5.41, 5.74) is 13.0. The number of benzene rings is 12. The highest BCUT2D eigenvalue weighted by molar-refractivity contribution is 7.26. The van der Waals surface area contributed by atoms with Gasteiger partial charge in [0, 0.05) is 58.6 Å². The van der Waals surface area contributed by atoms with Crippen LogP contribution in [0.25, 0.3) is 152 Å². The molecule has 5 heterocycles. The van der Waals surface area contributed by atoms with E-state index in [1.165, 1.54) is 10.1 Å². The molecule has 0 saturated heterocycles. The van der Waals surface area contributed by atoms with E-state index >= 15 is 0 Å². The van der Waals surface area contributed by atoms with E-state index in [2.05, 4.69) is 273 Å². The van der Waals surface area contributed by atoms with Crippen LogP contribution in [0.15, 0.2) is 243 Å². The number of para-hydroxylation sites is 6. The van der Waals surface area contributed by atoms with E-state index in [-0.39, 0.29) is 0 Å². The molecular formula is C72H40N6S. The minimum Gasteiger partial charge on any atom is -0.306 e. The number of thiophene rings is 1. The Bertz CT molecular complexity index is 5440. The van der Waals surface area contributed by atoms with E-state index in [0.29, 0.717) is 33.9 Å². The molecule has 0 saturated carbocycles. The van der Waals surface area contributed by atoms with Gasteiger partial charge in [0.2, 0.25) is 0 Å². The number of nitrogens with zero attached hydrogens (tertiary/aromatic N) is 6. The molecule has 6 nitrogen and oxygen atoms in total. The van der Waals surface area contributed by atoms with Gasteiger partial charge in [-0.2, -0.15) is 10.5 Å². The third kappa shape index (κ3) is 5.81. The zero-order valence-corrected chi connectivity index (χ0v) is 43.0. The fourth-order valence-corrected chi connectivity index (χ4v) is 14.8. The van der Waals surface area contributed by atoms with Crippen molar-refractivity contribution in [3.05, 3.63) is 254 Å². The lowest BCUT2D eigenvalue weighted by molar-refractivity contribution is 1.03. The van der Waals surface area contributed by atoms with Crippen molar-refractivity contribution in [2.75, 3.05) is 0 Å². The van der Waals surface area contributed by atoms with E-state index < -0.39 is 0 Å². The second-order valence-corrected chi connectivity index (χ2v) is 21.5. The van der Waals surface area contributed by atoms with Crippen molar-refractivity contribution in [2.24, 2.45) is 0 Å². The van der Waals surface area contributed by atoms with Crippen LogP contribution in [0.1, 0.15) is 11.1 Å². The summed E-state index contributed by atoms with van der Waals surface area (Å²) in [6.45, 7) is 0. The second kappa shape index (κ2) is 16.4. The van der Waals surface area contributed by atoms with Gasteiger partial charge in [-0.1, -0.05) is 194 Å². The summed E-state index contributed by atoms with van der Waals surface area (Å²) >= 11 is 1.78. The minimum absolute atomic E-state index is 0.423. The normalized spacial score (nSPS) is 12.0. The van der Waals surface area contributed by atoms with Crippen LogP contribution in [0.2, 0.25) is 0 Å². The van der Waals surface area contributed by atoms with Crippen molar-refractivity contribution >= 4 is 130 Å². The molecule has 12 aromatic carbocycles. The fourth-order valence-electron chi connectivity index (χ4n) is 13.5. The van der Waals surface area contributed by atoms with Crippen molar-refractivity contribution in [2.45, 2.75) is 0 Å². The summed E-state index contributed by atoms with van der Waals surface area (Å²) in [6.07, 6.45) is 0. The number of fused-ring (bicyclic) bond motifs is 17. The first kappa shape index (κ1) is 43.5. The molecule has 0 fully saturated rings. The molecule has 7 heteroatoms. The molecule has 0 aliphatic rings. The number of nitriles is 2. The summed E-state index contributed by atoms with van der Waals surface area (Å²) < 4.78 is 11.5. The first-order chi connectivity index (χ1) is 39.2. The van der Waals surface area contributed by atoms with Gasteiger partial charge in [-0.25, -0.2) is 0 Å². The topological polar surface area (TPSA) is 67.3 Å². The predicted molar refractivity (Wildman–Crippen MR) is 329 cm³/mol. The molecule has 0 aliphatic heterocycles. The molecule has 79 heavy (non-hydrogen) atoms. The summed E-state index contributed by atoms with van der Waals surface area (Å²) in [4.78, 5) is 0. The lowest BCUT2D eigenvalue weighted by Crippen LogP contribution is -2.16. The maximum Gasteiger partial charge on any atom is 0.104 e. The van der Waals surface area contributed by atoms with Crippen LogP contribution < -0.4 is 0 Å². The van der Waals surface area contributed by atoms with Gasteiger partial charge >= 0.3 is 0 Å². The molecule has 5 aromatic heterocycles. The van der Waals surface area contributed by atoms with Gasteiger partial charge in [-0.05, 0) is 70.4 Å². The molecule has 0 spiro atoms. The van der Waals surface area contributed by atoms with E-state index in [0.717, 1.165) is 119 Å². The molecule has 17 aromatic rings. The number of rotatable bonds is 5. The molecule has 0 N–H and O–H groups in total. The zero-order chi connectivity index (χ0) is 52.0. The number of hydrogen-bond donors (Lipinski definition) is 0. The standard InChI is InChI=1S/C72H40N6S/c73-41-56-67(75-58-31-10-3-22-46(58)47-23-4-11-32-59(47)75)68(76-60-33-12-5-24-48(60)49-25-6-13-34-61(49)76)57(42-74)70(69(56)77-62-35-14-7-26-50(62)51-27-8-15-36-63(51)77)78-64-37-18-30-53(45-29-17-20-43-19-1-2-21-44(43)45)66(64)55-40-39-54-52-28-9-16-38-65(52)79-72(54)71(55)78/h1-40H. The quantitative estimate of drug-likeness (QED) is 0.172. The Labute approximate surface area is 455 Å². The maximum absolute atomic E-state index is 12.9. The molecule has 0 amide bonds. The molecule has 0 aliphatic carbocycles. The zero-order valence-electron chi connectivity index (χ0n) is 42.2. The van der Waals surface area contributed by atoms with E-state index in [4.69, 9.17) is 0 Å². The summed E-state index contributed by atoms with van der Waals surface area (Å²) in [7, 11) is 0. The van der Waals surface area contributed by atoms with Crippen LogP contribution >= 0.6 is 11.3 Å². The van der Waals surface area contributed by atoms with E-state index in [1.807, 2.05) is 0 Å². The van der Waals surface area contributed by atoms with Gasteiger partial charge in [-0.15, -0.1) is 11.3 Å². The van der Waals surface area contributed by atoms with Crippen molar-refractivity contribution < 1.29 is 0 Å². The van der Waals surface area contributed by atoms with Crippen LogP contribution in [-0.2, 0) is 0 Å². The first-order valence-electron chi connectivity index (χ1n) is 26.6. The van der Waals surface area contributed by atoms with Gasteiger partial charge < -0.3 is 18.3 Å². The van der Waals surface area contributed by atoms with Gasteiger partial charge in [0.1, 0.15) is 23.3 Å². The Morgan fingerprint density at radius 2 is 0.633 bits per heavy atom. The Hall–Kier alpha value is -10.7. The average Bonchev–Trinajstić information content (AvgIpc) is 3.75. The Morgan fingerprint density at radius 1 is 0.278 bits per heavy atom. The van der Waals surface area contributed by atoms with Gasteiger partial charge in [0.15, 0.2) is 0 Å². The van der Waals surface area contributed by atoms with Crippen LogP contribution in [0.3, 0.4) is 0 Å². The largest absolute Gasteiger partial charge is 0.306 e. The van der Waals surface area contributed by atoms with Crippen molar-refractivity contribution in [3.63, 3.8) is 0 Å². The lowest BCUT2D eigenvalue weighted by atomic mass is 9.94. The highest BCUT2D eigenvalue weighted by atomic mass is 32.1. The first-order valence-corrected chi connectivity index (χ1v) is 27.4. The van der Waals surface area contributed by atoms with Crippen LogP contribution in [0.5, 0.6) is 0 Å². The van der Waals surface area contributed by atoms with Gasteiger partial charge in [0.05, 0.1) is 71.6 Å². The average molecular weight is 1020 g/mol. The Kier molecular flexibility index (Phi) is 9.04. The minimum atomic E-state index is 0.423. The van der Waals surface area contributed by atoms with Crippen molar-refractivity contribution in [1.82, 2.24) is 18.3 Å². The lowest BCUT2D eigenvalue weighted by Gasteiger charge is -2.27. The molecule has 364 valence electrons. The molecule has 0 atom stereocenters. The highest BCUT2D eigenvalue weighted by Gasteiger charge is 2.35. The maximum atomic E-state index is 12.9. The molecule has 0 bridgehead atoms. The van der Waals surface area contributed by atoms with Crippen LogP contribution in [-0.4, -0.2) is 18.3 Å². The molecule has 0 radical (unpaired) electrons. The summed E-state index contributed by atoms with van der Waals surface area (Å²) in [6, 6.07) is 91.8. The number of hydrogen-bond acceptors (Lipinski definition) is 3. The molecular weight excluding hydrogens is 981 g/mol. The van der Waals surface area contributed by atoms with E-state index in [9.17, 15) is 10.5 Å². The monoisotopic (exact) mass is 1020 g/mol. The van der Waals surface area contributed by atoms with Crippen LogP contribution in [0.4, 0.5) is 0 Å². The smallest absolute Gasteiger partial charge is 0.104 e. The predicted octanol–water partition coefficient (Wildman–Crippen LogP) is 19.0.